The molecule has 0 spiro atoms. The molecule has 3 nitrogen and oxygen atoms in total. The Hall–Kier alpha value is -0.925. The van der Waals surface area contributed by atoms with Crippen LogP contribution < -0.4 is 0 Å². The molecule has 0 aromatic carbocycles. The highest BCUT2D eigenvalue weighted by atomic mass is 32.2. The van der Waals surface area contributed by atoms with Crippen LogP contribution in [0.1, 0.15) is 0 Å². The van der Waals surface area contributed by atoms with Gasteiger partial charge in [-0.15, -0.1) is 4.48 Å². The summed E-state index contributed by atoms with van der Waals surface area (Å²) in [6.45, 7) is 0. The Labute approximate surface area is 74.9 Å². The normalized spacial score (nSPS) is 40.0. The molecule has 0 aromatic heterocycles. The molecule has 1 aliphatic rings. The highest BCUT2D eigenvalue weighted by molar-refractivity contribution is 8.26. The largest absolute Gasteiger partial charge is 0.533 e. The first-order valence-electron chi connectivity index (χ1n) is 2.88. The van der Waals surface area contributed by atoms with Crippen LogP contribution in [0.4, 0.5) is 17.6 Å². The average molecular weight is 209 g/mol. The van der Waals surface area contributed by atoms with Crippen LogP contribution in [-0.2, 0) is 0 Å². The second-order valence-corrected chi connectivity index (χ2v) is 3.35. The van der Waals surface area contributed by atoms with E-state index in [1.807, 2.05) is 0 Å². The standard InChI is InChI=1S/C4BF4N3S/c6-3(1-10)4(7,2-11)13-5(8)12(3)9. The molecule has 0 saturated carbocycles. The Morgan fingerprint density at radius 3 is 2.15 bits per heavy atom. The summed E-state index contributed by atoms with van der Waals surface area (Å²) in [5.41, 5.74) is 0. The van der Waals surface area contributed by atoms with E-state index in [4.69, 9.17) is 10.5 Å². The summed E-state index contributed by atoms with van der Waals surface area (Å²) in [6, 6.07) is 1.31. The predicted molar refractivity (Wildman–Crippen MR) is 36.3 cm³/mol. The van der Waals surface area contributed by atoms with Gasteiger partial charge in [0, 0.05) is 0 Å². The van der Waals surface area contributed by atoms with Gasteiger partial charge in [0.1, 0.15) is 12.1 Å². The van der Waals surface area contributed by atoms with Crippen LogP contribution >= 0.6 is 11.6 Å². The number of rotatable bonds is 0. The van der Waals surface area contributed by atoms with Gasteiger partial charge in [-0.3, -0.25) is 4.32 Å². The van der Waals surface area contributed by atoms with E-state index in [1.54, 1.807) is 0 Å². The van der Waals surface area contributed by atoms with E-state index in [0.29, 0.717) is 6.07 Å². The van der Waals surface area contributed by atoms with Crippen molar-refractivity contribution in [1.82, 2.24) is 5.03 Å². The monoisotopic (exact) mass is 209 g/mol. The third kappa shape index (κ3) is 1.08. The number of hydrogen-bond acceptors (Lipinski definition) is 4. The van der Waals surface area contributed by atoms with E-state index >= 15 is 0 Å². The summed E-state index contributed by atoms with van der Waals surface area (Å²) in [5, 5.41) is 11.4. The second kappa shape index (κ2) is 2.79. The Morgan fingerprint density at radius 2 is 1.85 bits per heavy atom. The summed E-state index contributed by atoms with van der Waals surface area (Å²) in [4.78, 5) is 0. The van der Waals surface area contributed by atoms with E-state index in [2.05, 4.69) is 0 Å². The lowest BCUT2D eigenvalue weighted by Gasteiger charge is -2.21. The van der Waals surface area contributed by atoms with E-state index in [1.165, 1.54) is 0 Å². The van der Waals surface area contributed by atoms with Crippen LogP contribution in [0, 0.1) is 22.7 Å². The van der Waals surface area contributed by atoms with Crippen molar-refractivity contribution in [3.8, 4) is 12.1 Å². The molecule has 13 heavy (non-hydrogen) atoms. The molecule has 0 aromatic rings. The quantitative estimate of drug-likeness (QED) is 0.260. The first-order chi connectivity index (χ1) is 5.91. The lowest BCUT2D eigenvalue weighted by Crippen LogP contribution is -2.47. The highest BCUT2D eigenvalue weighted by Crippen LogP contribution is 2.51. The van der Waals surface area contributed by atoms with Crippen molar-refractivity contribution in [3.05, 3.63) is 0 Å². The molecule has 0 radical (unpaired) electrons. The number of alkyl halides is 2. The van der Waals surface area contributed by atoms with Crippen LogP contribution in [0.3, 0.4) is 0 Å². The first kappa shape index (κ1) is 10.2. The number of nitrogens with zero attached hydrogens (tertiary/aromatic N) is 3. The predicted octanol–water partition coefficient (Wildman–Crippen LogP) is 1.25. The number of nitriles is 2. The topological polar surface area (TPSA) is 50.8 Å². The Morgan fingerprint density at radius 1 is 1.31 bits per heavy atom. The first-order valence-corrected chi connectivity index (χ1v) is 3.76. The maximum Gasteiger partial charge on any atom is 0.533 e. The lowest BCUT2D eigenvalue weighted by atomic mass is 10.1. The summed E-state index contributed by atoms with van der Waals surface area (Å²) in [5.74, 6) is -3.90. The van der Waals surface area contributed by atoms with Crippen molar-refractivity contribution in [2.45, 2.75) is 10.8 Å². The molecule has 1 aliphatic heterocycles. The van der Waals surface area contributed by atoms with Gasteiger partial charge < -0.3 is 0 Å². The van der Waals surface area contributed by atoms with Gasteiger partial charge in [-0.05, 0) is 0 Å². The molecule has 0 N–H and O–H groups in total. The minimum atomic E-state index is -3.90. The summed E-state index contributed by atoms with van der Waals surface area (Å²) < 4.78 is 51.1. The zero-order valence-corrected chi connectivity index (χ0v) is 6.66. The molecule has 0 aliphatic carbocycles. The van der Waals surface area contributed by atoms with E-state index in [9.17, 15) is 17.6 Å². The third-order valence-corrected chi connectivity index (χ3v) is 2.52. The van der Waals surface area contributed by atoms with Gasteiger partial charge in [-0.25, -0.2) is 8.78 Å². The van der Waals surface area contributed by atoms with E-state index in [-0.39, 0.29) is 0 Å². The third-order valence-electron chi connectivity index (χ3n) is 1.45. The van der Waals surface area contributed by atoms with Crippen LogP contribution in [0.15, 0.2) is 0 Å². The van der Waals surface area contributed by atoms with Crippen molar-refractivity contribution in [1.29, 1.82) is 10.5 Å². The Balaban J connectivity index is 3.19. The summed E-state index contributed by atoms with van der Waals surface area (Å²) in [7, 11) is 0. The van der Waals surface area contributed by atoms with Gasteiger partial charge >= 0.3 is 12.2 Å². The molecule has 0 amide bonds. The molecule has 1 fully saturated rings. The Kier molecular flexibility index (Phi) is 2.18. The summed E-state index contributed by atoms with van der Waals surface area (Å²) in [6.07, 6.45) is -2.70. The van der Waals surface area contributed by atoms with Crippen molar-refractivity contribution >= 4 is 18.0 Å². The van der Waals surface area contributed by atoms with Crippen molar-refractivity contribution in [2.75, 3.05) is 0 Å². The zero-order valence-electron chi connectivity index (χ0n) is 5.84. The minimum absolute atomic E-state index is 0.534. The Bertz CT molecular complexity index is 315. The van der Waals surface area contributed by atoms with Crippen molar-refractivity contribution in [3.63, 3.8) is 0 Å². The van der Waals surface area contributed by atoms with Crippen molar-refractivity contribution in [2.24, 2.45) is 0 Å². The van der Waals surface area contributed by atoms with Crippen molar-refractivity contribution < 1.29 is 17.6 Å². The fraction of sp³-hybridized carbons (Fsp3) is 0.500. The zero-order chi connectivity index (χ0) is 10.3. The maximum absolute atomic E-state index is 13.1. The molecule has 1 heterocycles. The average Bonchev–Trinajstić information content (AvgIpc) is 2.29. The maximum atomic E-state index is 13.1. The molecular weight excluding hydrogens is 209 g/mol. The van der Waals surface area contributed by atoms with Crippen LogP contribution in [0.5, 0.6) is 0 Å². The minimum Gasteiger partial charge on any atom is -0.291 e. The SMILES string of the molecule is N#CC1(F)SB(F)N(F)C1(F)C#N. The molecule has 0 bridgehead atoms. The molecular formula is C4BF4N3S. The van der Waals surface area contributed by atoms with E-state index < -0.39 is 33.8 Å². The summed E-state index contributed by atoms with van der Waals surface area (Å²) >= 11 is -0.534. The molecule has 1 rings (SSSR count). The van der Waals surface area contributed by atoms with Gasteiger partial charge in [-0.2, -0.15) is 10.5 Å². The second-order valence-electron chi connectivity index (χ2n) is 2.16. The van der Waals surface area contributed by atoms with Crippen LogP contribution in [-0.4, -0.2) is 22.2 Å². The molecule has 2 atom stereocenters. The number of hydrogen-bond donors (Lipinski definition) is 0. The highest BCUT2D eigenvalue weighted by Gasteiger charge is 2.72. The van der Waals surface area contributed by atoms with Gasteiger partial charge in [-0.1, -0.05) is 16.6 Å². The van der Waals surface area contributed by atoms with E-state index in [0.717, 1.165) is 6.07 Å². The molecule has 2 unspecified atom stereocenters. The van der Waals surface area contributed by atoms with Gasteiger partial charge in [0.15, 0.2) is 0 Å². The lowest BCUT2D eigenvalue weighted by molar-refractivity contribution is -0.0877. The smallest absolute Gasteiger partial charge is 0.291 e. The fourth-order valence-electron chi connectivity index (χ4n) is 0.756. The van der Waals surface area contributed by atoms with Gasteiger partial charge in [0.05, 0.1) is 0 Å². The molecule has 1 saturated heterocycles. The molecule has 9 heteroatoms. The van der Waals surface area contributed by atoms with Crippen LogP contribution in [0.25, 0.3) is 0 Å². The van der Waals surface area contributed by atoms with Crippen LogP contribution in [0.2, 0.25) is 0 Å². The fourth-order valence-corrected chi connectivity index (χ4v) is 1.60. The molecule has 68 valence electrons. The van der Waals surface area contributed by atoms with Gasteiger partial charge in [0.25, 0.3) is 5.00 Å². The van der Waals surface area contributed by atoms with Gasteiger partial charge in [0.2, 0.25) is 0 Å². The number of halogens is 4.